The molecule has 4 aliphatic rings. The fourth-order valence-corrected chi connectivity index (χ4v) is 46.7. The van der Waals surface area contributed by atoms with Crippen molar-refractivity contribution in [2.75, 3.05) is 13.1 Å². The summed E-state index contributed by atoms with van der Waals surface area (Å²) >= 11 is 16.0. The fraction of sp³-hybridized carbons (Fsp3) is 0.674. The third kappa shape index (κ3) is 21.7. The van der Waals surface area contributed by atoms with E-state index in [-0.39, 0.29) is 23.6 Å². The van der Waals surface area contributed by atoms with E-state index in [9.17, 15) is 19.2 Å². The van der Waals surface area contributed by atoms with Gasteiger partial charge in [-0.1, -0.05) is 189 Å². The molecule has 17 heteroatoms. The van der Waals surface area contributed by atoms with Gasteiger partial charge in [-0.25, -0.2) is 0 Å². The Morgan fingerprint density at radius 1 is 0.369 bits per heavy atom. The first-order valence-electron chi connectivity index (χ1n) is 41.5. The molecule has 4 aliphatic heterocycles. The van der Waals surface area contributed by atoms with Crippen LogP contribution in [-0.4, -0.2) is 81.0 Å². The predicted octanol–water partition coefficient (Wildman–Crippen LogP) is 27.8. The van der Waals surface area contributed by atoms with E-state index in [1.807, 2.05) is 35.9 Å². The van der Waals surface area contributed by atoms with Gasteiger partial charge in [-0.05, 0) is 99.1 Å². The Labute approximate surface area is 672 Å². The molecular formula is C86H132Br2N2O4S6Si2Sn. The van der Waals surface area contributed by atoms with Gasteiger partial charge < -0.3 is 0 Å². The van der Waals surface area contributed by atoms with Crippen LogP contribution in [0, 0.1) is 32.6 Å². The van der Waals surface area contributed by atoms with Crippen LogP contribution in [0.1, 0.15) is 343 Å². The molecular weight excluding hydrogens is 1650 g/mol. The number of amides is 4. The number of hydrogen-bond acceptors (Lipinski definition) is 10. The first kappa shape index (κ1) is 87.3. The molecule has 0 bridgehead atoms. The SMILES string of the molecule is CCCCCCCCCCN1C(=O)c2c(Br)sc(Br)c2C1=O.CCCCCCCCCCN1C(=O)c2c(C)sc(-c3cc4c(s3)-c3sc(C)cc3[Si]4(CCCCCCCC)CC(CC)CCCC)c2C1=O.CCCCCCCC[Si]1(CC(CC)CCCC)c2cc(C)sc2-c2s[c]([Sn]([CH3])([CH3])[CH3])cc21. The van der Waals surface area contributed by atoms with Crippen molar-refractivity contribution in [2.45, 2.75) is 346 Å². The van der Waals surface area contributed by atoms with Gasteiger partial charge in [-0.2, -0.15) is 0 Å². The summed E-state index contributed by atoms with van der Waals surface area (Å²) < 4.78 is 3.31. The normalized spacial score (nSPS) is 17.0. The summed E-state index contributed by atoms with van der Waals surface area (Å²) in [4.78, 5) is 76.0. The molecule has 0 spiro atoms. The van der Waals surface area contributed by atoms with Crippen molar-refractivity contribution in [2.24, 2.45) is 11.8 Å². The van der Waals surface area contributed by atoms with Gasteiger partial charge in [0.2, 0.25) is 0 Å². The monoisotopic (exact) mass is 1780 g/mol. The molecule has 6 aromatic heterocycles. The number of imide groups is 2. The van der Waals surface area contributed by atoms with E-state index in [0.29, 0.717) is 35.3 Å². The van der Waals surface area contributed by atoms with E-state index in [1.165, 1.54) is 265 Å². The Morgan fingerprint density at radius 2 is 0.709 bits per heavy atom. The van der Waals surface area contributed by atoms with E-state index >= 15 is 0 Å². The van der Waals surface area contributed by atoms with Crippen LogP contribution < -0.4 is 23.6 Å². The zero-order valence-corrected chi connectivity index (χ0v) is 79.3. The predicted molar refractivity (Wildman–Crippen MR) is 474 cm³/mol. The van der Waals surface area contributed by atoms with Crippen LogP contribution >= 0.6 is 99.9 Å². The van der Waals surface area contributed by atoms with Gasteiger partial charge in [-0.3, -0.25) is 29.0 Å². The summed E-state index contributed by atoms with van der Waals surface area (Å²) in [6.45, 7) is 26.5. The average Bonchev–Trinajstić information content (AvgIpc) is 1.55. The van der Waals surface area contributed by atoms with Crippen molar-refractivity contribution in [3.8, 4) is 29.3 Å². The Morgan fingerprint density at radius 3 is 1.11 bits per heavy atom. The van der Waals surface area contributed by atoms with Crippen LogP contribution in [0.15, 0.2) is 31.8 Å². The number of carbonyl (C=O) groups is 4. The van der Waals surface area contributed by atoms with Crippen LogP contribution in [0.5, 0.6) is 0 Å². The molecule has 4 amide bonds. The minimum absolute atomic E-state index is 0.0512. The molecule has 0 aromatic carbocycles. The second-order valence-electron chi connectivity index (χ2n) is 32.2. The Hall–Kier alpha value is -1.33. The molecule has 6 aromatic rings. The molecule has 0 saturated carbocycles. The number of unbranched alkanes of at least 4 members (excludes halogenated alkanes) is 26. The van der Waals surface area contributed by atoms with Gasteiger partial charge in [0.15, 0.2) is 0 Å². The van der Waals surface area contributed by atoms with E-state index in [4.69, 9.17) is 0 Å². The molecule has 4 atom stereocenters. The summed E-state index contributed by atoms with van der Waals surface area (Å²) in [6.07, 6.45) is 46.7. The molecule has 0 N–H and O–H groups in total. The van der Waals surface area contributed by atoms with E-state index in [0.717, 1.165) is 54.8 Å². The van der Waals surface area contributed by atoms with Gasteiger partial charge in [0.1, 0.15) is 8.07 Å². The summed E-state index contributed by atoms with van der Waals surface area (Å²) in [7, 11) is -3.66. The first-order chi connectivity index (χ1) is 49.6. The Bertz CT molecular complexity index is 3640. The van der Waals surface area contributed by atoms with Crippen molar-refractivity contribution in [1.29, 1.82) is 0 Å². The quantitative estimate of drug-likeness (QED) is 0.0217. The van der Waals surface area contributed by atoms with Gasteiger partial charge in [0.05, 0.1) is 34.7 Å². The van der Waals surface area contributed by atoms with Crippen LogP contribution in [0.2, 0.25) is 39.0 Å². The second-order valence-corrected chi connectivity index (χ2v) is 65.4. The number of halogens is 2. The molecule has 10 heterocycles. The van der Waals surface area contributed by atoms with E-state index < -0.39 is 34.5 Å². The number of nitrogens with zero attached hydrogens (tertiary/aromatic N) is 2. The average molecular weight is 1790 g/mol. The number of carbonyl (C=O) groups excluding carboxylic acids is 4. The molecule has 6 nitrogen and oxygen atoms in total. The van der Waals surface area contributed by atoms with Crippen LogP contribution in [0.25, 0.3) is 29.3 Å². The summed E-state index contributed by atoms with van der Waals surface area (Å²) in [5.41, 5.74) is 2.45. The molecule has 4 unspecified atom stereocenters. The minimum atomic E-state index is -2.07. The number of hydrogen-bond donors (Lipinski definition) is 0. The topological polar surface area (TPSA) is 74.8 Å². The standard InChI is InChI=1S/C42H63NO2S3Si.C25H39S2Si.C16H21Br2NO2S.3CH3.Sn/c1-7-11-14-16-18-19-20-22-25-43-41(44)36-31(6)47-38(37(36)42(43)45)33-28-35-40(48-33)39-34(27-30(5)46-39)49(35,26-23-21-17-15-12-8-2)29-32(10-4)24-13-9-3;1-5-8-10-11-12-13-17-28(19-21(7-3)14-9-6-2)22-15-16-26-24(22)25-23(28)18-20(4)27-25;1-2-3-4-5-6-7-8-9-10-19-15(20)11-12(16(19)21)14(18)22-13(11)17;;;;/h27-28,32H,7-26,29H2,1-6H3;15,18,21H,5-14,17,19H2,1-4H3;2-10H2,1H3;3*1H3;. The molecule has 0 radical (unpaired) electrons. The van der Waals surface area contributed by atoms with Crippen molar-refractivity contribution >= 4 is 182 Å². The van der Waals surface area contributed by atoms with Crippen LogP contribution in [0.4, 0.5) is 0 Å². The molecule has 0 fully saturated rings. The van der Waals surface area contributed by atoms with Gasteiger partial charge in [0.25, 0.3) is 23.6 Å². The fourth-order valence-electron chi connectivity index (χ4n) is 17.0. The molecule has 572 valence electrons. The number of thiophene rings is 6. The molecule has 10 rings (SSSR count). The van der Waals surface area contributed by atoms with E-state index in [2.05, 4.69) is 170 Å². The van der Waals surface area contributed by atoms with Crippen molar-refractivity contribution < 1.29 is 19.2 Å². The third-order valence-electron chi connectivity index (χ3n) is 23.1. The van der Waals surface area contributed by atoms with Gasteiger partial charge in [0, 0.05) is 37.5 Å². The van der Waals surface area contributed by atoms with Gasteiger partial charge >= 0.3 is 214 Å². The summed E-state index contributed by atoms with van der Waals surface area (Å²) in [6, 6.07) is 16.3. The summed E-state index contributed by atoms with van der Waals surface area (Å²) in [5, 5.41) is 7.14. The van der Waals surface area contributed by atoms with Crippen LogP contribution in [0.3, 0.4) is 0 Å². The third-order valence-corrected chi connectivity index (χ3v) is 52.4. The second kappa shape index (κ2) is 42.9. The first-order valence-corrected chi connectivity index (χ1v) is 62.8. The molecule has 0 saturated heterocycles. The zero-order valence-electron chi connectivity index (χ0n) is 66.4. The number of fused-ring (bicyclic) bond motifs is 8. The maximum absolute atomic E-state index is 14.0. The van der Waals surface area contributed by atoms with Crippen molar-refractivity contribution in [3.05, 3.63) is 68.7 Å². The van der Waals surface area contributed by atoms with Gasteiger partial charge in [-0.15, -0.1) is 45.3 Å². The molecule has 0 aliphatic carbocycles. The van der Waals surface area contributed by atoms with Crippen molar-refractivity contribution in [3.63, 3.8) is 0 Å². The molecule has 103 heavy (non-hydrogen) atoms. The van der Waals surface area contributed by atoms with Crippen molar-refractivity contribution in [1.82, 2.24) is 9.80 Å². The number of aryl methyl sites for hydroxylation is 3. The zero-order chi connectivity index (χ0) is 74.4. The summed E-state index contributed by atoms with van der Waals surface area (Å²) in [5.74, 6) is 1.27. The number of rotatable bonds is 46. The Kier molecular flexibility index (Phi) is 36.3. The maximum atomic E-state index is 14.0. The Balaban J connectivity index is 0.000000213. The van der Waals surface area contributed by atoms with E-state index in [1.54, 1.807) is 41.2 Å². The van der Waals surface area contributed by atoms with Crippen LogP contribution in [-0.2, 0) is 0 Å².